The van der Waals surface area contributed by atoms with E-state index in [-0.39, 0.29) is 0 Å². The molecule has 2 heterocycles. The van der Waals surface area contributed by atoms with E-state index in [4.69, 9.17) is 4.74 Å². The lowest BCUT2D eigenvalue weighted by Gasteiger charge is -2.02. The van der Waals surface area contributed by atoms with Crippen LogP contribution in [-0.2, 0) is 0 Å². The highest BCUT2D eigenvalue weighted by Gasteiger charge is 1.99. The Balaban J connectivity index is 1.91. The largest absolute Gasteiger partial charge is 0.497 e. The highest BCUT2D eigenvalue weighted by atomic mass is 16.5. The van der Waals surface area contributed by atoms with Crippen LogP contribution >= 0.6 is 0 Å². The van der Waals surface area contributed by atoms with Crippen LogP contribution in [0, 0.1) is 0 Å². The van der Waals surface area contributed by atoms with Gasteiger partial charge < -0.3 is 4.74 Å². The Morgan fingerprint density at radius 1 is 1.05 bits per heavy atom. The molecule has 98 valence electrons. The fourth-order valence-corrected chi connectivity index (χ4v) is 1.87. The van der Waals surface area contributed by atoms with Crippen LogP contribution < -0.4 is 4.74 Å². The van der Waals surface area contributed by atoms with E-state index < -0.39 is 0 Å². The highest BCUT2D eigenvalue weighted by Crippen LogP contribution is 2.18. The molecule has 0 aliphatic rings. The molecule has 3 aromatic rings. The number of rotatable bonds is 3. The van der Waals surface area contributed by atoms with Crippen LogP contribution in [0.25, 0.3) is 23.1 Å². The van der Waals surface area contributed by atoms with Crippen LogP contribution in [0.15, 0.2) is 48.8 Å². The minimum Gasteiger partial charge on any atom is -0.497 e. The van der Waals surface area contributed by atoms with E-state index in [1.165, 1.54) is 0 Å². The van der Waals surface area contributed by atoms with Gasteiger partial charge in [-0.1, -0.05) is 6.07 Å². The first-order valence-corrected chi connectivity index (χ1v) is 6.25. The Morgan fingerprint density at radius 3 is 2.80 bits per heavy atom. The number of methoxy groups -OCH3 is 1. The summed E-state index contributed by atoms with van der Waals surface area (Å²) in [5.74, 6) is 1.46. The van der Waals surface area contributed by atoms with E-state index in [2.05, 4.69) is 15.0 Å². The number of aromatic nitrogens is 3. The second kappa shape index (κ2) is 5.48. The number of pyridine rings is 1. The fraction of sp³-hybridized carbons (Fsp3) is 0.0625. The van der Waals surface area contributed by atoms with Gasteiger partial charge >= 0.3 is 0 Å². The summed E-state index contributed by atoms with van der Waals surface area (Å²) in [5.41, 5.74) is 1.77. The van der Waals surface area contributed by atoms with Crippen molar-refractivity contribution in [3.63, 3.8) is 0 Å². The molecule has 20 heavy (non-hydrogen) atoms. The van der Waals surface area contributed by atoms with Gasteiger partial charge in [0.25, 0.3) is 0 Å². The van der Waals surface area contributed by atoms with Gasteiger partial charge in [0.05, 0.1) is 18.3 Å². The van der Waals surface area contributed by atoms with Crippen molar-refractivity contribution in [2.45, 2.75) is 0 Å². The van der Waals surface area contributed by atoms with Gasteiger partial charge in [-0.25, -0.2) is 9.97 Å². The van der Waals surface area contributed by atoms with E-state index >= 15 is 0 Å². The summed E-state index contributed by atoms with van der Waals surface area (Å²) in [6, 6.07) is 11.5. The number of ether oxygens (including phenoxy) is 1. The summed E-state index contributed by atoms with van der Waals surface area (Å²) < 4.78 is 5.18. The number of benzene rings is 1. The maximum absolute atomic E-state index is 5.18. The van der Waals surface area contributed by atoms with Gasteiger partial charge in [-0.05, 0) is 42.5 Å². The average Bonchev–Trinajstić information content (AvgIpc) is 2.53. The number of hydrogen-bond acceptors (Lipinski definition) is 4. The molecule has 0 fully saturated rings. The lowest BCUT2D eigenvalue weighted by molar-refractivity contribution is 0.415. The Kier molecular flexibility index (Phi) is 3.37. The summed E-state index contributed by atoms with van der Waals surface area (Å²) in [7, 11) is 1.64. The van der Waals surface area contributed by atoms with E-state index in [1.54, 1.807) is 19.5 Å². The third-order valence-corrected chi connectivity index (χ3v) is 2.90. The number of nitrogens with zero attached hydrogens (tertiary/aromatic N) is 3. The molecular weight excluding hydrogens is 250 g/mol. The third kappa shape index (κ3) is 2.64. The minimum absolute atomic E-state index is 0.660. The second-order valence-electron chi connectivity index (χ2n) is 4.24. The van der Waals surface area contributed by atoms with E-state index in [1.807, 2.05) is 48.6 Å². The van der Waals surface area contributed by atoms with Gasteiger partial charge in [-0.15, -0.1) is 0 Å². The van der Waals surface area contributed by atoms with Gasteiger partial charge in [0.1, 0.15) is 5.75 Å². The van der Waals surface area contributed by atoms with Crippen LogP contribution in [0.5, 0.6) is 5.75 Å². The van der Waals surface area contributed by atoms with Crippen LogP contribution in [-0.4, -0.2) is 22.1 Å². The van der Waals surface area contributed by atoms with Crippen molar-refractivity contribution in [3.8, 4) is 5.75 Å². The third-order valence-electron chi connectivity index (χ3n) is 2.90. The smallest absolute Gasteiger partial charge is 0.152 e. The SMILES string of the molecule is COc1ccc2nc(C=Cc3ccccn3)ncc2c1. The quantitative estimate of drug-likeness (QED) is 0.728. The van der Waals surface area contributed by atoms with Gasteiger partial charge in [0.15, 0.2) is 5.82 Å². The molecule has 0 aliphatic heterocycles. The molecule has 0 spiro atoms. The van der Waals surface area contributed by atoms with Crippen LogP contribution in [0.2, 0.25) is 0 Å². The van der Waals surface area contributed by atoms with Gasteiger partial charge in [-0.3, -0.25) is 4.98 Å². The second-order valence-corrected chi connectivity index (χ2v) is 4.24. The summed E-state index contributed by atoms with van der Waals surface area (Å²) >= 11 is 0. The lowest BCUT2D eigenvalue weighted by Crippen LogP contribution is -1.89. The molecule has 4 nitrogen and oxygen atoms in total. The summed E-state index contributed by atoms with van der Waals surface area (Å²) in [6.45, 7) is 0. The predicted octanol–water partition coefficient (Wildman–Crippen LogP) is 3.20. The van der Waals surface area contributed by atoms with E-state index in [0.29, 0.717) is 5.82 Å². The molecule has 3 rings (SSSR count). The first kappa shape index (κ1) is 12.3. The zero-order chi connectivity index (χ0) is 13.8. The Morgan fingerprint density at radius 2 is 2.00 bits per heavy atom. The van der Waals surface area contributed by atoms with Crippen LogP contribution in [0.3, 0.4) is 0 Å². The molecule has 2 aromatic heterocycles. The molecule has 0 radical (unpaired) electrons. The molecule has 0 aliphatic carbocycles. The highest BCUT2D eigenvalue weighted by molar-refractivity contribution is 5.80. The molecule has 0 bridgehead atoms. The first-order chi connectivity index (χ1) is 9.85. The minimum atomic E-state index is 0.660. The van der Waals surface area contributed by atoms with Crippen molar-refractivity contribution in [1.82, 2.24) is 15.0 Å². The van der Waals surface area contributed by atoms with Crippen LogP contribution in [0.4, 0.5) is 0 Å². The Labute approximate surface area is 116 Å². The molecule has 0 saturated carbocycles. The predicted molar refractivity (Wildman–Crippen MR) is 79.3 cm³/mol. The van der Waals surface area contributed by atoms with Crippen molar-refractivity contribution >= 4 is 23.1 Å². The molecule has 4 heteroatoms. The molecule has 0 unspecified atom stereocenters. The maximum atomic E-state index is 5.18. The molecule has 0 N–H and O–H groups in total. The Hall–Kier alpha value is -2.75. The van der Waals surface area contributed by atoms with Crippen molar-refractivity contribution in [1.29, 1.82) is 0 Å². The van der Waals surface area contributed by atoms with Crippen molar-refractivity contribution < 1.29 is 4.74 Å². The zero-order valence-corrected chi connectivity index (χ0v) is 11.0. The van der Waals surface area contributed by atoms with Crippen molar-refractivity contribution in [2.24, 2.45) is 0 Å². The standard InChI is InChI=1S/C16H13N3O/c1-20-14-6-7-15-12(10-14)11-18-16(19-15)8-5-13-4-2-3-9-17-13/h2-11H,1H3. The van der Waals surface area contributed by atoms with E-state index in [0.717, 1.165) is 22.3 Å². The molecular formula is C16H13N3O. The lowest BCUT2D eigenvalue weighted by atomic mass is 10.2. The van der Waals surface area contributed by atoms with Crippen molar-refractivity contribution in [2.75, 3.05) is 7.11 Å². The molecule has 0 saturated heterocycles. The number of fused-ring (bicyclic) bond motifs is 1. The maximum Gasteiger partial charge on any atom is 0.152 e. The average molecular weight is 263 g/mol. The van der Waals surface area contributed by atoms with Gasteiger partial charge in [0.2, 0.25) is 0 Å². The molecule has 0 amide bonds. The monoisotopic (exact) mass is 263 g/mol. The fourth-order valence-electron chi connectivity index (χ4n) is 1.87. The topological polar surface area (TPSA) is 47.9 Å². The van der Waals surface area contributed by atoms with Crippen LogP contribution in [0.1, 0.15) is 11.5 Å². The molecule has 1 aromatic carbocycles. The number of hydrogen-bond donors (Lipinski definition) is 0. The Bertz CT molecular complexity index is 754. The zero-order valence-electron chi connectivity index (χ0n) is 11.0. The first-order valence-electron chi connectivity index (χ1n) is 6.25. The molecule has 0 atom stereocenters. The summed E-state index contributed by atoms with van der Waals surface area (Å²) in [4.78, 5) is 13.0. The van der Waals surface area contributed by atoms with Crippen molar-refractivity contribution in [3.05, 3.63) is 60.3 Å². The van der Waals surface area contributed by atoms with Gasteiger partial charge in [0, 0.05) is 17.8 Å². The summed E-state index contributed by atoms with van der Waals surface area (Å²) in [6.07, 6.45) is 7.30. The van der Waals surface area contributed by atoms with Gasteiger partial charge in [-0.2, -0.15) is 0 Å². The van der Waals surface area contributed by atoms with E-state index in [9.17, 15) is 0 Å². The normalized spacial score (nSPS) is 11.1. The summed E-state index contributed by atoms with van der Waals surface area (Å²) in [5, 5.41) is 0.958.